The fourth-order valence-corrected chi connectivity index (χ4v) is 2.11. The van der Waals surface area contributed by atoms with Crippen LogP contribution in [0.25, 0.3) is 0 Å². The van der Waals surface area contributed by atoms with E-state index in [1.165, 1.54) is 0 Å². The molecular weight excluding hydrogens is 230 g/mol. The largest absolute Gasteiger partial charge is 0.463 e. The molecule has 1 aromatic heterocycles. The van der Waals surface area contributed by atoms with Crippen LogP contribution in [-0.4, -0.2) is 17.6 Å². The molecule has 1 heterocycles. The van der Waals surface area contributed by atoms with E-state index >= 15 is 0 Å². The van der Waals surface area contributed by atoms with Crippen molar-refractivity contribution >= 4 is 5.91 Å². The number of aliphatic hydroxyl groups is 1. The Kier molecular flexibility index (Phi) is 3.01. The molecule has 1 saturated carbocycles. The van der Waals surface area contributed by atoms with Crippen molar-refractivity contribution in [2.24, 2.45) is 11.3 Å². The van der Waals surface area contributed by atoms with Gasteiger partial charge in [0.25, 0.3) is 0 Å². The first-order chi connectivity index (χ1) is 8.22. The summed E-state index contributed by atoms with van der Waals surface area (Å²) in [6.07, 6.45) is 0.917. The van der Waals surface area contributed by atoms with Crippen LogP contribution in [0, 0.1) is 18.3 Å². The lowest BCUT2D eigenvalue weighted by Gasteiger charge is -2.21. The molecule has 2 rings (SSSR count). The summed E-state index contributed by atoms with van der Waals surface area (Å²) < 4.78 is 5.40. The van der Waals surface area contributed by atoms with Gasteiger partial charge in [0.05, 0.1) is 6.54 Å². The number of rotatable bonds is 4. The van der Waals surface area contributed by atoms with Crippen LogP contribution in [0.1, 0.15) is 38.7 Å². The standard InChI is InChI=1S/C14H21NO3/c1-9-5-6-11(18-9)14(4,17)8-15-12(16)10-7-13(10,2)3/h5-6,10,17H,7-8H2,1-4H3,(H,15,16). The lowest BCUT2D eigenvalue weighted by atomic mass is 10.0. The topological polar surface area (TPSA) is 62.5 Å². The van der Waals surface area contributed by atoms with Crippen molar-refractivity contribution in [3.63, 3.8) is 0 Å². The third-order valence-electron chi connectivity index (χ3n) is 3.71. The highest BCUT2D eigenvalue weighted by Gasteiger charge is 2.50. The third-order valence-corrected chi connectivity index (χ3v) is 3.71. The van der Waals surface area contributed by atoms with Gasteiger partial charge in [-0.1, -0.05) is 13.8 Å². The van der Waals surface area contributed by atoms with Gasteiger partial charge in [-0.05, 0) is 37.8 Å². The summed E-state index contributed by atoms with van der Waals surface area (Å²) in [6.45, 7) is 7.79. The van der Waals surface area contributed by atoms with Crippen LogP contribution >= 0.6 is 0 Å². The molecule has 2 atom stereocenters. The summed E-state index contributed by atoms with van der Waals surface area (Å²) in [5.41, 5.74) is -1.06. The molecular formula is C14H21NO3. The van der Waals surface area contributed by atoms with Crippen molar-refractivity contribution in [2.75, 3.05) is 6.54 Å². The number of furan rings is 1. The number of hydrogen-bond acceptors (Lipinski definition) is 3. The summed E-state index contributed by atoms with van der Waals surface area (Å²) in [4.78, 5) is 11.9. The van der Waals surface area contributed by atoms with E-state index in [4.69, 9.17) is 4.42 Å². The Hall–Kier alpha value is -1.29. The van der Waals surface area contributed by atoms with Crippen LogP contribution in [0.5, 0.6) is 0 Å². The Labute approximate surface area is 107 Å². The minimum atomic E-state index is -1.16. The van der Waals surface area contributed by atoms with Crippen molar-refractivity contribution in [1.82, 2.24) is 5.32 Å². The Morgan fingerprint density at radius 1 is 1.61 bits per heavy atom. The van der Waals surface area contributed by atoms with Gasteiger partial charge in [-0.25, -0.2) is 0 Å². The molecule has 0 aliphatic heterocycles. The number of hydrogen-bond donors (Lipinski definition) is 2. The highest BCUT2D eigenvalue weighted by Crippen LogP contribution is 2.51. The lowest BCUT2D eigenvalue weighted by Crippen LogP contribution is -2.39. The second-order valence-corrected chi connectivity index (χ2v) is 6.15. The van der Waals surface area contributed by atoms with Crippen molar-refractivity contribution in [3.05, 3.63) is 23.7 Å². The Morgan fingerprint density at radius 3 is 2.67 bits per heavy atom. The van der Waals surface area contributed by atoms with Crippen LogP contribution < -0.4 is 5.32 Å². The van der Waals surface area contributed by atoms with Crippen LogP contribution in [0.15, 0.2) is 16.5 Å². The van der Waals surface area contributed by atoms with Gasteiger partial charge in [-0.3, -0.25) is 4.79 Å². The van der Waals surface area contributed by atoms with E-state index in [1.807, 2.05) is 6.92 Å². The zero-order chi connectivity index (χ0) is 13.6. The fraction of sp³-hybridized carbons (Fsp3) is 0.643. The van der Waals surface area contributed by atoms with E-state index in [9.17, 15) is 9.90 Å². The van der Waals surface area contributed by atoms with Gasteiger partial charge in [-0.2, -0.15) is 0 Å². The first kappa shape index (κ1) is 13.1. The highest BCUT2D eigenvalue weighted by atomic mass is 16.4. The van der Waals surface area contributed by atoms with Crippen molar-refractivity contribution in [1.29, 1.82) is 0 Å². The van der Waals surface area contributed by atoms with E-state index in [0.29, 0.717) is 5.76 Å². The summed E-state index contributed by atoms with van der Waals surface area (Å²) in [5, 5.41) is 13.1. The summed E-state index contributed by atoms with van der Waals surface area (Å²) in [6, 6.07) is 3.54. The van der Waals surface area contributed by atoms with E-state index < -0.39 is 5.60 Å². The Bertz CT molecular complexity index is 459. The second-order valence-electron chi connectivity index (χ2n) is 6.15. The molecule has 2 N–H and O–H groups in total. The molecule has 1 aliphatic carbocycles. The molecule has 0 spiro atoms. The van der Waals surface area contributed by atoms with Gasteiger partial charge < -0.3 is 14.8 Å². The Morgan fingerprint density at radius 2 is 2.22 bits per heavy atom. The first-order valence-corrected chi connectivity index (χ1v) is 6.29. The van der Waals surface area contributed by atoms with Crippen LogP contribution in [0.3, 0.4) is 0 Å². The van der Waals surface area contributed by atoms with Crippen LogP contribution in [0.2, 0.25) is 0 Å². The van der Waals surface area contributed by atoms with E-state index in [1.54, 1.807) is 19.1 Å². The lowest BCUT2D eigenvalue weighted by molar-refractivity contribution is -0.124. The average Bonchev–Trinajstić information content (AvgIpc) is 2.70. The van der Waals surface area contributed by atoms with Crippen molar-refractivity contribution in [3.8, 4) is 0 Å². The average molecular weight is 251 g/mol. The second kappa shape index (κ2) is 4.12. The predicted octanol–water partition coefficient (Wildman–Crippen LogP) is 1.96. The minimum Gasteiger partial charge on any atom is -0.463 e. The molecule has 18 heavy (non-hydrogen) atoms. The molecule has 1 aliphatic rings. The maximum atomic E-state index is 11.9. The van der Waals surface area contributed by atoms with Gasteiger partial charge in [-0.15, -0.1) is 0 Å². The molecule has 4 nitrogen and oxygen atoms in total. The minimum absolute atomic E-state index is 0.0172. The predicted molar refractivity (Wildman–Crippen MR) is 67.9 cm³/mol. The number of carbonyl (C=O) groups excluding carboxylic acids is 1. The molecule has 0 radical (unpaired) electrons. The fourth-order valence-electron chi connectivity index (χ4n) is 2.11. The smallest absolute Gasteiger partial charge is 0.223 e. The van der Waals surface area contributed by atoms with Gasteiger partial charge in [0, 0.05) is 5.92 Å². The van der Waals surface area contributed by atoms with Gasteiger partial charge >= 0.3 is 0 Å². The molecule has 0 bridgehead atoms. The molecule has 2 unspecified atom stereocenters. The Balaban J connectivity index is 1.91. The maximum Gasteiger partial charge on any atom is 0.223 e. The van der Waals surface area contributed by atoms with Gasteiger partial charge in [0.1, 0.15) is 17.1 Å². The third kappa shape index (κ3) is 2.58. The molecule has 1 aromatic rings. The zero-order valence-corrected chi connectivity index (χ0v) is 11.4. The van der Waals surface area contributed by atoms with E-state index in [-0.39, 0.29) is 23.8 Å². The molecule has 1 fully saturated rings. The van der Waals surface area contributed by atoms with Crippen LogP contribution in [0.4, 0.5) is 0 Å². The summed E-state index contributed by atoms with van der Waals surface area (Å²) in [5.74, 6) is 1.32. The van der Waals surface area contributed by atoms with Crippen molar-refractivity contribution in [2.45, 2.75) is 39.7 Å². The molecule has 4 heteroatoms. The first-order valence-electron chi connectivity index (χ1n) is 6.29. The van der Waals surface area contributed by atoms with Crippen molar-refractivity contribution < 1.29 is 14.3 Å². The quantitative estimate of drug-likeness (QED) is 0.860. The number of amides is 1. The molecule has 100 valence electrons. The zero-order valence-electron chi connectivity index (χ0n) is 11.4. The van der Waals surface area contributed by atoms with E-state index in [0.717, 1.165) is 12.2 Å². The maximum absolute atomic E-state index is 11.9. The normalized spacial score (nSPS) is 24.4. The number of carbonyl (C=O) groups is 1. The SMILES string of the molecule is Cc1ccc(C(C)(O)CNC(=O)C2CC2(C)C)o1. The van der Waals surface area contributed by atoms with Gasteiger partial charge in [0.15, 0.2) is 0 Å². The number of aryl methyl sites for hydroxylation is 1. The summed E-state index contributed by atoms with van der Waals surface area (Å²) >= 11 is 0. The van der Waals surface area contributed by atoms with Crippen LogP contribution in [-0.2, 0) is 10.4 Å². The van der Waals surface area contributed by atoms with Gasteiger partial charge in [0.2, 0.25) is 5.91 Å². The molecule has 0 saturated heterocycles. The highest BCUT2D eigenvalue weighted by molar-refractivity contribution is 5.82. The number of nitrogens with one attached hydrogen (secondary N) is 1. The molecule has 0 aromatic carbocycles. The summed E-state index contributed by atoms with van der Waals surface area (Å²) in [7, 11) is 0. The molecule has 1 amide bonds. The van der Waals surface area contributed by atoms with E-state index in [2.05, 4.69) is 19.2 Å². The monoisotopic (exact) mass is 251 g/mol.